The molecule has 2 aromatic heterocycles. The predicted octanol–water partition coefficient (Wildman–Crippen LogP) is 3.60. The summed E-state index contributed by atoms with van der Waals surface area (Å²) in [5.41, 5.74) is 1.92. The number of thioether (sulfide) groups is 1. The first kappa shape index (κ1) is 18.0. The lowest BCUT2D eigenvalue weighted by molar-refractivity contribution is -0.129. The molecule has 0 bridgehead atoms. The van der Waals surface area contributed by atoms with E-state index in [1.165, 1.54) is 11.8 Å². The Labute approximate surface area is 166 Å². The Morgan fingerprint density at radius 1 is 1.30 bits per heavy atom. The van der Waals surface area contributed by atoms with Crippen LogP contribution in [0.4, 0.5) is 0 Å². The van der Waals surface area contributed by atoms with E-state index in [0.717, 1.165) is 24.1 Å². The fourth-order valence-electron chi connectivity index (χ4n) is 2.83. The minimum atomic E-state index is 0.104. The van der Waals surface area contributed by atoms with Crippen LogP contribution in [0.5, 0.6) is 0 Å². The highest BCUT2D eigenvalue weighted by Crippen LogP contribution is 2.30. The Bertz CT molecular complexity index is 929. The number of pyridine rings is 1. The summed E-state index contributed by atoms with van der Waals surface area (Å²) in [6, 6.07) is 11.7. The Kier molecular flexibility index (Phi) is 5.40. The lowest BCUT2D eigenvalue weighted by Gasteiger charge is -2.22. The second kappa shape index (κ2) is 8.10. The standard InChI is InChI=1S/C19H18ClN5OS/c20-15-4-1-5-17(9-15)25-13-22-23-19(25)27-12-18(26)24(16-6-7-16)11-14-3-2-8-21-10-14/h1-5,8-10,13,16H,6-7,11-12H2. The number of carbonyl (C=O) groups is 1. The van der Waals surface area contributed by atoms with Crippen molar-refractivity contribution >= 4 is 29.3 Å². The van der Waals surface area contributed by atoms with Crippen LogP contribution in [0.25, 0.3) is 5.69 Å². The van der Waals surface area contributed by atoms with E-state index >= 15 is 0 Å². The molecule has 8 heteroatoms. The minimum Gasteiger partial charge on any atom is -0.335 e. The third kappa shape index (κ3) is 4.48. The van der Waals surface area contributed by atoms with Gasteiger partial charge in [0, 0.05) is 30.0 Å². The molecule has 1 aliphatic carbocycles. The summed E-state index contributed by atoms with van der Waals surface area (Å²) in [6.07, 6.45) is 7.31. The first-order valence-electron chi connectivity index (χ1n) is 8.68. The van der Waals surface area contributed by atoms with Crippen LogP contribution in [0.3, 0.4) is 0 Å². The molecule has 27 heavy (non-hydrogen) atoms. The molecule has 2 heterocycles. The third-order valence-electron chi connectivity index (χ3n) is 4.31. The number of aromatic nitrogens is 4. The van der Waals surface area contributed by atoms with Crippen LogP contribution in [0.2, 0.25) is 5.02 Å². The summed E-state index contributed by atoms with van der Waals surface area (Å²) >= 11 is 7.46. The van der Waals surface area contributed by atoms with E-state index in [1.807, 2.05) is 52.1 Å². The summed E-state index contributed by atoms with van der Waals surface area (Å²) in [4.78, 5) is 18.9. The maximum absolute atomic E-state index is 12.8. The van der Waals surface area contributed by atoms with Crippen LogP contribution >= 0.6 is 23.4 Å². The first-order valence-corrected chi connectivity index (χ1v) is 10.0. The smallest absolute Gasteiger partial charge is 0.233 e. The minimum absolute atomic E-state index is 0.104. The van der Waals surface area contributed by atoms with Crippen molar-refractivity contribution in [3.8, 4) is 5.69 Å². The number of nitrogens with zero attached hydrogens (tertiary/aromatic N) is 5. The van der Waals surface area contributed by atoms with Crippen molar-refractivity contribution in [1.29, 1.82) is 0 Å². The summed E-state index contributed by atoms with van der Waals surface area (Å²) in [5.74, 6) is 0.419. The summed E-state index contributed by atoms with van der Waals surface area (Å²) in [7, 11) is 0. The van der Waals surface area contributed by atoms with E-state index in [0.29, 0.717) is 28.5 Å². The number of carbonyl (C=O) groups excluding carboxylic acids is 1. The van der Waals surface area contributed by atoms with Crippen molar-refractivity contribution < 1.29 is 4.79 Å². The molecule has 1 saturated carbocycles. The van der Waals surface area contributed by atoms with E-state index in [-0.39, 0.29) is 5.91 Å². The zero-order chi connectivity index (χ0) is 18.6. The summed E-state index contributed by atoms with van der Waals surface area (Å²) < 4.78 is 1.84. The monoisotopic (exact) mass is 399 g/mol. The van der Waals surface area contributed by atoms with Gasteiger partial charge in [-0.2, -0.15) is 0 Å². The fraction of sp³-hybridized carbons (Fsp3) is 0.263. The molecule has 6 nitrogen and oxygen atoms in total. The van der Waals surface area contributed by atoms with Crippen molar-refractivity contribution in [3.63, 3.8) is 0 Å². The Balaban J connectivity index is 1.44. The molecule has 0 unspecified atom stereocenters. The highest BCUT2D eigenvalue weighted by Gasteiger charge is 2.32. The average Bonchev–Trinajstić information content (AvgIpc) is 3.42. The highest BCUT2D eigenvalue weighted by atomic mass is 35.5. The molecular formula is C19H18ClN5OS. The molecule has 0 radical (unpaired) electrons. The predicted molar refractivity (Wildman–Crippen MR) is 105 cm³/mol. The molecule has 0 spiro atoms. The van der Waals surface area contributed by atoms with Crippen molar-refractivity contribution in [1.82, 2.24) is 24.6 Å². The maximum atomic E-state index is 12.8. The SMILES string of the molecule is O=C(CSc1nncn1-c1cccc(Cl)c1)N(Cc1cccnc1)C1CC1. The van der Waals surface area contributed by atoms with E-state index in [4.69, 9.17) is 11.6 Å². The topological polar surface area (TPSA) is 63.9 Å². The second-order valence-electron chi connectivity index (χ2n) is 6.37. The van der Waals surface area contributed by atoms with E-state index in [9.17, 15) is 4.79 Å². The zero-order valence-electron chi connectivity index (χ0n) is 14.5. The van der Waals surface area contributed by atoms with Gasteiger partial charge in [0.2, 0.25) is 5.91 Å². The number of hydrogen-bond acceptors (Lipinski definition) is 5. The number of benzene rings is 1. The maximum Gasteiger partial charge on any atom is 0.233 e. The van der Waals surface area contributed by atoms with Gasteiger partial charge in [-0.1, -0.05) is 35.5 Å². The van der Waals surface area contributed by atoms with Crippen LogP contribution in [-0.4, -0.2) is 42.4 Å². The number of rotatable bonds is 7. The van der Waals surface area contributed by atoms with E-state index in [1.54, 1.807) is 12.5 Å². The Morgan fingerprint density at radius 3 is 2.93 bits per heavy atom. The number of amides is 1. The number of hydrogen-bond donors (Lipinski definition) is 0. The van der Waals surface area contributed by atoms with E-state index in [2.05, 4.69) is 15.2 Å². The van der Waals surface area contributed by atoms with Crippen molar-refractivity contribution in [2.75, 3.05) is 5.75 Å². The first-order chi connectivity index (χ1) is 13.2. The molecular weight excluding hydrogens is 382 g/mol. The highest BCUT2D eigenvalue weighted by molar-refractivity contribution is 7.99. The average molecular weight is 400 g/mol. The normalized spacial score (nSPS) is 13.5. The molecule has 1 amide bonds. The van der Waals surface area contributed by atoms with Gasteiger partial charge >= 0.3 is 0 Å². The molecule has 1 aliphatic rings. The molecule has 1 fully saturated rings. The molecule has 138 valence electrons. The van der Waals surface area contributed by atoms with Gasteiger partial charge in [0.15, 0.2) is 5.16 Å². The molecule has 0 saturated heterocycles. The zero-order valence-corrected chi connectivity index (χ0v) is 16.1. The van der Waals surface area contributed by atoms with Crippen LogP contribution in [0, 0.1) is 0 Å². The lowest BCUT2D eigenvalue weighted by Crippen LogP contribution is -2.34. The quantitative estimate of drug-likeness (QED) is 0.568. The van der Waals surface area contributed by atoms with Gasteiger partial charge < -0.3 is 4.90 Å². The fourth-order valence-corrected chi connectivity index (χ4v) is 3.83. The van der Waals surface area contributed by atoms with Gasteiger partial charge in [-0.15, -0.1) is 10.2 Å². The molecule has 0 atom stereocenters. The third-order valence-corrected chi connectivity index (χ3v) is 5.47. The van der Waals surface area contributed by atoms with E-state index < -0.39 is 0 Å². The van der Waals surface area contributed by atoms with Crippen molar-refractivity contribution in [2.24, 2.45) is 0 Å². The Hall–Kier alpha value is -2.38. The summed E-state index contributed by atoms with van der Waals surface area (Å²) in [6.45, 7) is 0.596. The van der Waals surface area contributed by atoms with Crippen molar-refractivity contribution in [3.05, 3.63) is 65.7 Å². The molecule has 1 aromatic carbocycles. The van der Waals surface area contributed by atoms with Crippen LogP contribution < -0.4 is 0 Å². The molecule has 0 N–H and O–H groups in total. The number of halogens is 1. The van der Waals surface area contributed by atoms with Gasteiger partial charge in [-0.25, -0.2) is 0 Å². The lowest BCUT2D eigenvalue weighted by atomic mass is 10.2. The van der Waals surface area contributed by atoms with Crippen LogP contribution in [0.15, 0.2) is 60.3 Å². The van der Waals surface area contributed by atoms with Crippen LogP contribution in [0.1, 0.15) is 18.4 Å². The molecule has 0 aliphatic heterocycles. The van der Waals surface area contributed by atoms with Gasteiger partial charge in [0.05, 0.1) is 11.4 Å². The van der Waals surface area contributed by atoms with Gasteiger partial charge in [0.1, 0.15) is 6.33 Å². The van der Waals surface area contributed by atoms with Crippen molar-refractivity contribution in [2.45, 2.75) is 30.6 Å². The largest absolute Gasteiger partial charge is 0.335 e. The van der Waals surface area contributed by atoms with Gasteiger partial charge in [-0.05, 0) is 42.7 Å². The van der Waals surface area contributed by atoms with Crippen LogP contribution in [-0.2, 0) is 11.3 Å². The second-order valence-corrected chi connectivity index (χ2v) is 7.75. The summed E-state index contributed by atoms with van der Waals surface area (Å²) in [5, 5.41) is 9.44. The molecule has 3 aromatic rings. The van der Waals surface area contributed by atoms with Gasteiger partial charge in [0.25, 0.3) is 0 Å². The molecule has 4 rings (SSSR count). The Morgan fingerprint density at radius 2 is 2.19 bits per heavy atom. The van der Waals surface area contributed by atoms with Gasteiger partial charge in [-0.3, -0.25) is 14.3 Å².